The van der Waals surface area contributed by atoms with Crippen LogP contribution in [0.3, 0.4) is 0 Å². The quantitative estimate of drug-likeness (QED) is 0.321. The van der Waals surface area contributed by atoms with Crippen molar-refractivity contribution >= 4 is 85.8 Å². The minimum absolute atomic E-state index is 0.140. The first-order chi connectivity index (χ1) is 12.4. The van der Waals surface area contributed by atoms with Crippen molar-refractivity contribution in [2.24, 2.45) is 4.99 Å². The maximum Gasteiger partial charge on any atom is 0.363 e. The van der Waals surface area contributed by atoms with Gasteiger partial charge in [-0.2, -0.15) is 0 Å². The van der Waals surface area contributed by atoms with E-state index in [-0.39, 0.29) is 11.6 Å². The van der Waals surface area contributed by atoms with Crippen molar-refractivity contribution in [2.45, 2.75) is 0 Å². The second kappa shape index (κ2) is 6.87. The molecule has 26 heavy (non-hydrogen) atoms. The van der Waals surface area contributed by atoms with Crippen LogP contribution in [0, 0.1) is 0 Å². The van der Waals surface area contributed by atoms with Gasteiger partial charge < -0.3 is 4.74 Å². The molecule has 0 saturated heterocycles. The predicted octanol–water partition coefficient (Wildman–Crippen LogP) is 6.86. The van der Waals surface area contributed by atoms with E-state index in [1.54, 1.807) is 36.4 Å². The standard InChI is InChI=1S/C18H7Cl4NO2S/c19-9-3-1-2-8(4-9)5-12-18(24)25-17(23-12)16-15(22)14-11(21)6-10(20)7-13(14)26-16/h1-7H/b12-5-. The van der Waals surface area contributed by atoms with E-state index in [2.05, 4.69) is 4.99 Å². The summed E-state index contributed by atoms with van der Waals surface area (Å²) in [7, 11) is 0. The molecular formula is C18H7Cl4NO2S. The molecule has 1 aromatic heterocycles. The van der Waals surface area contributed by atoms with Crippen molar-refractivity contribution in [1.29, 1.82) is 0 Å². The molecule has 2 aromatic carbocycles. The lowest BCUT2D eigenvalue weighted by molar-refractivity contribution is -0.129. The van der Waals surface area contributed by atoms with Gasteiger partial charge in [-0.25, -0.2) is 9.79 Å². The number of thiophene rings is 1. The van der Waals surface area contributed by atoms with Gasteiger partial charge in [0.1, 0.15) is 4.88 Å². The Morgan fingerprint density at radius 2 is 1.85 bits per heavy atom. The summed E-state index contributed by atoms with van der Waals surface area (Å²) in [6.45, 7) is 0. The maximum absolute atomic E-state index is 12.2. The molecule has 3 nitrogen and oxygen atoms in total. The highest BCUT2D eigenvalue weighted by Gasteiger charge is 2.28. The molecule has 4 rings (SSSR count). The number of esters is 1. The monoisotopic (exact) mass is 441 g/mol. The maximum atomic E-state index is 12.2. The highest BCUT2D eigenvalue weighted by Crippen LogP contribution is 2.42. The fraction of sp³-hybridized carbons (Fsp3) is 0. The van der Waals surface area contributed by atoms with Gasteiger partial charge in [0.2, 0.25) is 5.90 Å². The summed E-state index contributed by atoms with van der Waals surface area (Å²) in [5.74, 6) is -0.417. The average molecular weight is 443 g/mol. The molecule has 0 unspecified atom stereocenters. The zero-order valence-electron chi connectivity index (χ0n) is 12.7. The number of hydrogen-bond donors (Lipinski definition) is 0. The summed E-state index contributed by atoms with van der Waals surface area (Å²) >= 11 is 26.0. The Kier molecular flexibility index (Phi) is 4.71. The molecule has 0 radical (unpaired) electrons. The number of rotatable bonds is 2. The Bertz CT molecular complexity index is 1130. The Labute approximate surface area is 172 Å². The van der Waals surface area contributed by atoms with Crippen molar-refractivity contribution < 1.29 is 9.53 Å². The topological polar surface area (TPSA) is 38.7 Å². The molecule has 0 fully saturated rings. The molecule has 8 heteroatoms. The highest BCUT2D eigenvalue weighted by atomic mass is 35.5. The summed E-state index contributed by atoms with van der Waals surface area (Å²) in [6, 6.07) is 10.4. The third kappa shape index (κ3) is 3.24. The number of carbonyl (C=O) groups excluding carboxylic acids is 1. The van der Waals surface area contributed by atoms with Crippen LogP contribution in [-0.2, 0) is 9.53 Å². The summed E-state index contributed by atoms with van der Waals surface area (Å²) < 4.78 is 6.09. The predicted molar refractivity (Wildman–Crippen MR) is 109 cm³/mol. The lowest BCUT2D eigenvalue weighted by Gasteiger charge is -1.97. The van der Waals surface area contributed by atoms with Gasteiger partial charge in [0.05, 0.1) is 10.0 Å². The van der Waals surface area contributed by atoms with Crippen LogP contribution >= 0.6 is 57.7 Å². The number of cyclic esters (lactones) is 1. The fourth-order valence-electron chi connectivity index (χ4n) is 2.51. The number of aliphatic imine (C=N–C) groups is 1. The normalized spacial score (nSPS) is 15.6. The molecule has 1 aliphatic rings. The second-order valence-corrected chi connectivity index (χ2v) is 8.11. The zero-order valence-corrected chi connectivity index (χ0v) is 16.6. The van der Waals surface area contributed by atoms with Gasteiger partial charge in [-0.1, -0.05) is 58.5 Å². The van der Waals surface area contributed by atoms with E-state index in [1.165, 1.54) is 11.3 Å². The summed E-state index contributed by atoms with van der Waals surface area (Å²) in [4.78, 5) is 17.0. The van der Waals surface area contributed by atoms with Gasteiger partial charge in [-0.05, 0) is 35.9 Å². The number of nitrogens with zero attached hydrogens (tertiary/aromatic N) is 1. The smallest absolute Gasteiger partial charge is 0.363 e. The van der Waals surface area contributed by atoms with Crippen LogP contribution in [0.5, 0.6) is 0 Å². The molecule has 0 N–H and O–H groups in total. The van der Waals surface area contributed by atoms with E-state index in [0.29, 0.717) is 30.4 Å². The largest absolute Gasteiger partial charge is 0.401 e. The van der Waals surface area contributed by atoms with Gasteiger partial charge in [-0.3, -0.25) is 0 Å². The third-order valence-electron chi connectivity index (χ3n) is 3.62. The van der Waals surface area contributed by atoms with Crippen LogP contribution in [0.2, 0.25) is 20.1 Å². The Morgan fingerprint density at radius 3 is 2.62 bits per heavy atom. The first-order valence-electron chi connectivity index (χ1n) is 7.28. The van der Waals surface area contributed by atoms with Crippen LogP contribution in [-0.4, -0.2) is 11.9 Å². The van der Waals surface area contributed by atoms with Crippen LogP contribution in [0.25, 0.3) is 16.2 Å². The van der Waals surface area contributed by atoms with E-state index >= 15 is 0 Å². The number of benzene rings is 2. The molecule has 2 heterocycles. The van der Waals surface area contributed by atoms with Crippen molar-refractivity contribution in [2.75, 3.05) is 0 Å². The molecule has 0 bridgehead atoms. The van der Waals surface area contributed by atoms with Crippen LogP contribution in [0.4, 0.5) is 0 Å². The molecule has 0 spiro atoms. The Hall–Kier alpha value is -1.56. The molecule has 0 saturated carbocycles. The molecule has 0 aliphatic carbocycles. The van der Waals surface area contributed by atoms with Crippen molar-refractivity contribution in [1.82, 2.24) is 0 Å². The van der Waals surface area contributed by atoms with Gasteiger partial charge in [0, 0.05) is 20.1 Å². The lowest BCUT2D eigenvalue weighted by Crippen LogP contribution is -2.04. The van der Waals surface area contributed by atoms with Crippen LogP contribution in [0.1, 0.15) is 10.4 Å². The van der Waals surface area contributed by atoms with Gasteiger partial charge >= 0.3 is 5.97 Å². The third-order valence-corrected chi connectivity index (χ3v) is 5.98. The number of ether oxygens (including phenoxy) is 1. The molecule has 0 amide bonds. The van der Waals surface area contributed by atoms with Gasteiger partial charge in [0.15, 0.2) is 5.70 Å². The average Bonchev–Trinajstić information content (AvgIpc) is 3.08. The van der Waals surface area contributed by atoms with Crippen molar-refractivity contribution in [3.05, 3.63) is 72.6 Å². The SMILES string of the molecule is O=C1OC(c2sc3cc(Cl)cc(Cl)c3c2Cl)=N/C1=C\c1cccc(Cl)c1. The van der Waals surface area contributed by atoms with Gasteiger partial charge in [-0.15, -0.1) is 11.3 Å². The molecule has 0 atom stereocenters. The summed E-state index contributed by atoms with van der Waals surface area (Å²) in [6.07, 6.45) is 1.60. The first kappa shape index (κ1) is 17.8. The van der Waals surface area contributed by atoms with Crippen molar-refractivity contribution in [3.63, 3.8) is 0 Å². The molecule has 3 aromatic rings. The Balaban J connectivity index is 1.79. The number of halogens is 4. The molecular weight excluding hydrogens is 436 g/mol. The minimum Gasteiger partial charge on any atom is -0.401 e. The molecule has 1 aliphatic heterocycles. The minimum atomic E-state index is -0.558. The second-order valence-electron chi connectivity index (χ2n) is 5.40. The van der Waals surface area contributed by atoms with Crippen LogP contribution < -0.4 is 0 Å². The highest BCUT2D eigenvalue weighted by molar-refractivity contribution is 7.21. The fourth-order valence-corrected chi connectivity index (χ4v) is 5.01. The van der Waals surface area contributed by atoms with E-state index in [4.69, 9.17) is 51.1 Å². The first-order valence-corrected chi connectivity index (χ1v) is 9.61. The lowest BCUT2D eigenvalue weighted by atomic mass is 10.2. The van der Waals surface area contributed by atoms with Gasteiger partial charge in [0.25, 0.3) is 0 Å². The zero-order chi connectivity index (χ0) is 18.4. The molecule has 130 valence electrons. The number of hydrogen-bond acceptors (Lipinski definition) is 4. The summed E-state index contributed by atoms with van der Waals surface area (Å²) in [5, 5.41) is 2.53. The number of carbonyl (C=O) groups is 1. The number of fused-ring (bicyclic) bond motifs is 1. The van der Waals surface area contributed by atoms with E-state index < -0.39 is 5.97 Å². The Morgan fingerprint density at radius 1 is 1.04 bits per heavy atom. The van der Waals surface area contributed by atoms with Crippen molar-refractivity contribution in [3.8, 4) is 0 Å². The van der Waals surface area contributed by atoms with E-state index in [1.807, 2.05) is 6.07 Å². The van der Waals surface area contributed by atoms with Crippen LogP contribution in [0.15, 0.2) is 47.1 Å². The summed E-state index contributed by atoms with van der Waals surface area (Å²) in [5.41, 5.74) is 0.909. The van der Waals surface area contributed by atoms with E-state index in [0.717, 1.165) is 10.3 Å². The van der Waals surface area contributed by atoms with E-state index in [9.17, 15) is 4.79 Å².